The van der Waals surface area contributed by atoms with E-state index in [1.807, 2.05) is 13.8 Å². The van der Waals surface area contributed by atoms with Crippen LogP contribution in [0.5, 0.6) is 0 Å². The van der Waals surface area contributed by atoms with Gasteiger partial charge in [-0.1, -0.05) is 0 Å². The Kier molecular flexibility index (Phi) is 1.54. The molecule has 2 heteroatoms. The van der Waals surface area contributed by atoms with E-state index in [1.165, 1.54) is 0 Å². The first kappa shape index (κ1) is 6.31. The minimum absolute atomic E-state index is 0.789. The smallest absolute Gasteiger partial charge is 0.127 e. The first-order valence-corrected chi connectivity index (χ1v) is 3.46. The summed E-state index contributed by atoms with van der Waals surface area (Å²) in [7, 11) is 0. The maximum atomic E-state index is 5.16. The van der Waals surface area contributed by atoms with Gasteiger partial charge in [-0.15, -0.1) is 17.8 Å². The summed E-state index contributed by atoms with van der Waals surface area (Å²) < 4.78 is 0. The van der Waals surface area contributed by atoms with Gasteiger partial charge in [0.1, 0.15) is 5.69 Å². The summed E-state index contributed by atoms with van der Waals surface area (Å²) >= 11 is 1.64. The van der Waals surface area contributed by atoms with E-state index in [-0.39, 0.29) is 0 Å². The predicted molar refractivity (Wildman–Crippen MR) is 39.5 cm³/mol. The summed E-state index contributed by atoms with van der Waals surface area (Å²) in [5, 5.41) is 1.04. The quantitative estimate of drug-likeness (QED) is 0.496. The molecule has 0 amide bonds. The Balaban J connectivity index is 3.20. The first-order chi connectivity index (χ1) is 4.24. The van der Waals surface area contributed by atoms with E-state index in [0.29, 0.717) is 0 Å². The fraction of sp³-hybridized carbons (Fsp3) is 0.286. The Bertz CT molecular complexity index is 254. The summed E-state index contributed by atoms with van der Waals surface area (Å²) in [6, 6.07) is 0. The van der Waals surface area contributed by atoms with Crippen molar-refractivity contribution in [1.29, 1.82) is 0 Å². The van der Waals surface area contributed by atoms with Crippen molar-refractivity contribution in [2.75, 3.05) is 0 Å². The summed E-state index contributed by atoms with van der Waals surface area (Å²) in [6.07, 6.45) is 5.16. The van der Waals surface area contributed by atoms with Crippen LogP contribution >= 0.6 is 11.3 Å². The van der Waals surface area contributed by atoms with Gasteiger partial charge in [-0.2, -0.15) is 0 Å². The molecule has 1 nitrogen and oxygen atoms in total. The van der Waals surface area contributed by atoms with E-state index in [0.717, 1.165) is 15.6 Å². The minimum atomic E-state index is 0.789. The molecule has 0 aliphatic heterocycles. The maximum Gasteiger partial charge on any atom is 0.127 e. The fourth-order valence-corrected chi connectivity index (χ4v) is 1.44. The lowest BCUT2D eigenvalue weighted by Crippen LogP contribution is -1.74. The SMILES string of the molecule is C#Cc1nc(C)sc1C. The number of nitrogens with zero attached hydrogens (tertiary/aromatic N) is 1. The van der Waals surface area contributed by atoms with Gasteiger partial charge in [-0.25, -0.2) is 4.98 Å². The lowest BCUT2D eigenvalue weighted by atomic mass is 10.4. The molecular formula is C7H7NS. The minimum Gasteiger partial charge on any atom is -0.233 e. The summed E-state index contributed by atoms with van der Waals surface area (Å²) in [5.74, 6) is 2.52. The van der Waals surface area contributed by atoms with E-state index in [4.69, 9.17) is 6.42 Å². The second-order valence-corrected chi connectivity index (χ2v) is 3.19. The number of rotatable bonds is 0. The second kappa shape index (κ2) is 2.20. The Hall–Kier alpha value is -0.810. The van der Waals surface area contributed by atoms with Gasteiger partial charge in [-0.05, 0) is 19.8 Å². The maximum absolute atomic E-state index is 5.16. The predicted octanol–water partition coefficient (Wildman–Crippen LogP) is 1.74. The van der Waals surface area contributed by atoms with Crippen LogP contribution in [-0.2, 0) is 0 Å². The molecule has 0 saturated carbocycles. The standard InChI is InChI=1S/C7H7NS/c1-4-7-5(2)9-6(3)8-7/h1H,2-3H3. The molecule has 0 N–H and O–H groups in total. The molecule has 9 heavy (non-hydrogen) atoms. The third kappa shape index (κ3) is 1.11. The first-order valence-electron chi connectivity index (χ1n) is 2.64. The molecule has 0 aliphatic rings. The highest BCUT2D eigenvalue weighted by atomic mass is 32.1. The number of aromatic nitrogens is 1. The normalized spacial score (nSPS) is 9.00. The molecule has 0 saturated heterocycles. The number of hydrogen-bond donors (Lipinski definition) is 0. The summed E-state index contributed by atoms with van der Waals surface area (Å²) in [5.41, 5.74) is 0.789. The van der Waals surface area contributed by atoms with Crippen LogP contribution in [-0.4, -0.2) is 4.98 Å². The zero-order valence-corrected chi connectivity index (χ0v) is 6.25. The lowest BCUT2D eigenvalue weighted by molar-refractivity contribution is 1.25. The Morgan fingerprint density at radius 3 is 2.44 bits per heavy atom. The molecule has 0 unspecified atom stereocenters. The van der Waals surface area contributed by atoms with E-state index in [2.05, 4.69) is 10.9 Å². The van der Waals surface area contributed by atoms with Crippen molar-refractivity contribution >= 4 is 11.3 Å². The zero-order chi connectivity index (χ0) is 6.85. The molecular weight excluding hydrogens is 130 g/mol. The van der Waals surface area contributed by atoms with Gasteiger partial charge in [0.2, 0.25) is 0 Å². The van der Waals surface area contributed by atoms with Crippen LogP contribution in [0.3, 0.4) is 0 Å². The molecule has 0 spiro atoms. The van der Waals surface area contributed by atoms with Crippen LogP contribution in [0.15, 0.2) is 0 Å². The van der Waals surface area contributed by atoms with Crippen LogP contribution in [0.25, 0.3) is 0 Å². The van der Waals surface area contributed by atoms with Gasteiger partial charge in [-0.3, -0.25) is 0 Å². The van der Waals surface area contributed by atoms with Crippen molar-refractivity contribution in [1.82, 2.24) is 4.98 Å². The molecule has 0 fully saturated rings. The fourth-order valence-electron chi connectivity index (χ4n) is 0.663. The van der Waals surface area contributed by atoms with Gasteiger partial charge in [0.05, 0.1) is 5.01 Å². The van der Waals surface area contributed by atoms with E-state index < -0.39 is 0 Å². The van der Waals surface area contributed by atoms with Gasteiger partial charge in [0.25, 0.3) is 0 Å². The number of terminal acetylenes is 1. The number of aryl methyl sites for hydroxylation is 2. The van der Waals surface area contributed by atoms with Gasteiger partial charge >= 0.3 is 0 Å². The van der Waals surface area contributed by atoms with Crippen molar-refractivity contribution in [2.45, 2.75) is 13.8 Å². The molecule has 0 atom stereocenters. The monoisotopic (exact) mass is 137 g/mol. The molecule has 1 heterocycles. The summed E-state index contributed by atoms with van der Waals surface area (Å²) in [6.45, 7) is 3.94. The third-order valence-electron chi connectivity index (χ3n) is 1.04. The third-order valence-corrected chi connectivity index (χ3v) is 1.93. The van der Waals surface area contributed by atoms with Gasteiger partial charge in [0.15, 0.2) is 0 Å². The van der Waals surface area contributed by atoms with Crippen molar-refractivity contribution in [3.8, 4) is 12.3 Å². The highest BCUT2D eigenvalue weighted by Crippen LogP contribution is 2.14. The molecule has 0 aliphatic carbocycles. The molecule has 0 aromatic carbocycles. The summed E-state index contributed by atoms with van der Waals surface area (Å²) in [4.78, 5) is 5.25. The van der Waals surface area contributed by atoms with Crippen LogP contribution in [0.4, 0.5) is 0 Å². The topological polar surface area (TPSA) is 12.9 Å². The van der Waals surface area contributed by atoms with Crippen molar-refractivity contribution < 1.29 is 0 Å². The van der Waals surface area contributed by atoms with Crippen LogP contribution < -0.4 is 0 Å². The highest BCUT2D eigenvalue weighted by molar-refractivity contribution is 7.11. The molecule has 1 aromatic heterocycles. The largest absolute Gasteiger partial charge is 0.233 e. The highest BCUT2D eigenvalue weighted by Gasteiger charge is 1.98. The van der Waals surface area contributed by atoms with E-state index >= 15 is 0 Å². The molecule has 1 rings (SSSR count). The second-order valence-electron chi connectivity index (χ2n) is 1.78. The van der Waals surface area contributed by atoms with Gasteiger partial charge in [0, 0.05) is 4.88 Å². The van der Waals surface area contributed by atoms with E-state index in [9.17, 15) is 0 Å². The van der Waals surface area contributed by atoms with Crippen LogP contribution in [0.2, 0.25) is 0 Å². The van der Waals surface area contributed by atoms with Gasteiger partial charge < -0.3 is 0 Å². The molecule has 0 bridgehead atoms. The number of hydrogen-bond acceptors (Lipinski definition) is 2. The average molecular weight is 137 g/mol. The average Bonchev–Trinajstić information content (AvgIpc) is 2.10. The van der Waals surface area contributed by atoms with Crippen molar-refractivity contribution in [2.24, 2.45) is 0 Å². The zero-order valence-electron chi connectivity index (χ0n) is 5.43. The van der Waals surface area contributed by atoms with Crippen molar-refractivity contribution in [3.05, 3.63) is 15.6 Å². The number of thiazole rings is 1. The lowest BCUT2D eigenvalue weighted by Gasteiger charge is -1.77. The van der Waals surface area contributed by atoms with Crippen LogP contribution in [0.1, 0.15) is 15.6 Å². The molecule has 46 valence electrons. The van der Waals surface area contributed by atoms with Crippen molar-refractivity contribution in [3.63, 3.8) is 0 Å². The van der Waals surface area contributed by atoms with Crippen LogP contribution in [0, 0.1) is 26.2 Å². The molecule has 1 aromatic rings. The Morgan fingerprint density at radius 2 is 2.22 bits per heavy atom. The van der Waals surface area contributed by atoms with E-state index in [1.54, 1.807) is 11.3 Å². The Morgan fingerprint density at radius 1 is 1.56 bits per heavy atom. The Labute approximate surface area is 58.8 Å². The molecule has 0 radical (unpaired) electrons.